The lowest BCUT2D eigenvalue weighted by atomic mass is 10.2. The summed E-state index contributed by atoms with van der Waals surface area (Å²) in [7, 11) is 0. The quantitative estimate of drug-likeness (QED) is 0.832. The van der Waals surface area contributed by atoms with Gasteiger partial charge in [-0.1, -0.05) is 6.07 Å². The molecule has 1 amide bonds. The van der Waals surface area contributed by atoms with Gasteiger partial charge in [-0.05, 0) is 61.1 Å². The molecule has 0 saturated carbocycles. The van der Waals surface area contributed by atoms with Crippen molar-refractivity contribution in [1.82, 2.24) is 4.90 Å². The van der Waals surface area contributed by atoms with Crippen LogP contribution in [0.3, 0.4) is 0 Å². The first-order valence-corrected chi connectivity index (χ1v) is 6.94. The summed E-state index contributed by atoms with van der Waals surface area (Å²) in [4.78, 5) is 13.6. The van der Waals surface area contributed by atoms with E-state index < -0.39 is 0 Å². The van der Waals surface area contributed by atoms with Crippen LogP contribution in [0.2, 0.25) is 0 Å². The Morgan fingerprint density at radius 3 is 2.53 bits per heavy atom. The van der Waals surface area contributed by atoms with Gasteiger partial charge in [-0.2, -0.15) is 0 Å². The van der Waals surface area contributed by atoms with Crippen molar-refractivity contribution in [3.63, 3.8) is 0 Å². The van der Waals surface area contributed by atoms with Crippen molar-refractivity contribution >= 4 is 34.2 Å². The Bertz CT molecular complexity index is 389. The highest BCUT2D eigenvalue weighted by Crippen LogP contribution is 2.16. The maximum Gasteiger partial charge on any atom is 0.241 e. The molecule has 0 bridgehead atoms. The summed E-state index contributed by atoms with van der Waals surface area (Å²) in [5.41, 5.74) is 2.26. The monoisotopic (exact) mass is 346 g/mol. The fourth-order valence-electron chi connectivity index (χ4n) is 1.57. The number of likely N-dealkylation sites (N-methyl/N-ethyl adjacent to an activating group) is 1. The van der Waals surface area contributed by atoms with Crippen molar-refractivity contribution in [3.05, 3.63) is 27.3 Å². The highest BCUT2D eigenvalue weighted by Gasteiger charge is 2.08. The maximum absolute atomic E-state index is 11.8. The number of rotatable bonds is 5. The van der Waals surface area contributed by atoms with Gasteiger partial charge in [0.05, 0.1) is 6.54 Å². The molecule has 94 valence electrons. The highest BCUT2D eigenvalue weighted by atomic mass is 127. The van der Waals surface area contributed by atoms with E-state index in [-0.39, 0.29) is 5.91 Å². The van der Waals surface area contributed by atoms with Gasteiger partial charge >= 0.3 is 0 Å². The summed E-state index contributed by atoms with van der Waals surface area (Å²) in [6.07, 6.45) is 0. The van der Waals surface area contributed by atoms with Crippen LogP contribution in [-0.2, 0) is 4.79 Å². The van der Waals surface area contributed by atoms with E-state index >= 15 is 0 Å². The largest absolute Gasteiger partial charge is 0.376 e. The molecule has 0 aromatic heterocycles. The van der Waals surface area contributed by atoms with Crippen LogP contribution < -0.4 is 5.32 Å². The van der Waals surface area contributed by atoms with Crippen LogP contribution in [0, 0.1) is 10.5 Å². The summed E-state index contributed by atoms with van der Waals surface area (Å²) in [6, 6.07) is 6.13. The normalized spacial score (nSPS) is 10.1. The minimum absolute atomic E-state index is 0.144. The van der Waals surface area contributed by atoms with Gasteiger partial charge in [0.1, 0.15) is 0 Å². The summed E-state index contributed by atoms with van der Waals surface area (Å²) in [6.45, 7) is 7.96. The van der Waals surface area contributed by atoms with E-state index in [9.17, 15) is 4.79 Å². The van der Waals surface area contributed by atoms with Crippen molar-refractivity contribution in [2.45, 2.75) is 20.8 Å². The third kappa shape index (κ3) is 4.18. The van der Waals surface area contributed by atoms with Crippen molar-refractivity contribution in [3.8, 4) is 0 Å². The first kappa shape index (κ1) is 14.3. The van der Waals surface area contributed by atoms with E-state index in [0.29, 0.717) is 6.54 Å². The number of halogens is 1. The van der Waals surface area contributed by atoms with E-state index in [1.54, 1.807) is 0 Å². The predicted molar refractivity (Wildman–Crippen MR) is 80.3 cm³/mol. The molecule has 0 radical (unpaired) electrons. The molecule has 0 spiro atoms. The zero-order valence-electron chi connectivity index (χ0n) is 10.6. The van der Waals surface area contributed by atoms with E-state index in [1.807, 2.05) is 24.8 Å². The molecule has 3 nitrogen and oxygen atoms in total. The summed E-state index contributed by atoms with van der Waals surface area (Å²) >= 11 is 2.30. The van der Waals surface area contributed by atoms with Gasteiger partial charge in [0.2, 0.25) is 5.91 Å². The summed E-state index contributed by atoms with van der Waals surface area (Å²) in [5.74, 6) is 0.144. The molecule has 17 heavy (non-hydrogen) atoms. The Morgan fingerprint density at radius 1 is 1.35 bits per heavy atom. The van der Waals surface area contributed by atoms with E-state index in [0.717, 1.165) is 18.8 Å². The molecule has 1 N–H and O–H groups in total. The summed E-state index contributed by atoms with van der Waals surface area (Å²) < 4.78 is 1.21. The molecule has 0 fully saturated rings. The second-order valence-corrected chi connectivity index (χ2v) is 5.05. The number of anilines is 1. The van der Waals surface area contributed by atoms with Crippen LogP contribution in [0.15, 0.2) is 18.2 Å². The third-order valence-electron chi connectivity index (χ3n) is 2.73. The van der Waals surface area contributed by atoms with Crippen molar-refractivity contribution < 1.29 is 4.79 Å². The Kier molecular flexibility index (Phi) is 5.74. The Hall–Kier alpha value is -0.780. The summed E-state index contributed by atoms with van der Waals surface area (Å²) in [5, 5.41) is 3.17. The van der Waals surface area contributed by atoms with E-state index in [1.165, 1.54) is 9.13 Å². The lowest BCUT2D eigenvalue weighted by Crippen LogP contribution is -2.35. The van der Waals surface area contributed by atoms with Gasteiger partial charge in [-0.3, -0.25) is 4.79 Å². The topological polar surface area (TPSA) is 32.3 Å². The van der Waals surface area contributed by atoms with E-state index in [4.69, 9.17) is 0 Å². The average molecular weight is 346 g/mol. The van der Waals surface area contributed by atoms with Gasteiger partial charge in [-0.15, -0.1) is 0 Å². The Balaban J connectivity index is 2.55. The predicted octanol–water partition coefficient (Wildman–Crippen LogP) is 2.88. The van der Waals surface area contributed by atoms with Crippen molar-refractivity contribution in [2.75, 3.05) is 25.0 Å². The molecule has 0 unspecified atom stereocenters. The lowest BCUT2D eigenvalue weighted by Gasteiger charge is -2.19. The number of benzene rings is 1. The van der Waals surface area contributed by atoms with Gasteiger partial charge < -0.3 is 10.2 Å². The minimum Gasteiger partial charge on any atom is -0.376 e. The fourth-order valence-corrected chi connectivity index (χ4v) is 2.08. The Labute approximate surface area is 117 Å². The molecule has 1 aromatic rings. The van der Waals surface area contributed by atoms with Crippen LogP contribution >= 0.6 is 22.6 Å². The number of amides is 1. The van der Waals surface area contributed by atoms with Crippen LogP contribution in [0.4, 0.5) is 5.69 Å². The second-order valence-electron chi connectivity index (χ2n) is 3.88. The number of carbonyl (C=O) groups is 1. The number of hydrogen-bond donors (Lipinski definition) is 1. The van der Waals surface area contributed by atoms with Gasteiger partial charge in [0, 0.05) is 22.3 Å². The van der Waals surface area contributed by atoms with Crippen LogP contribution in [0.1, 0.15) is 19.4 Å². The van der Waals surface area contributed by atoms with E-state index in [2.05, 4.69) is 47.0 Å². The minimum atomic E-state index is 0.144. The van der Waals surface area contributed by atoms with Crippen LogP contribution in [-0.4, -0.2) is 30.4 Å². The lowest BCUT2D eigenvalue weighted by molar-refractivity contribution is -0.128. The molecular formula is C13H19IN2O. The fraction of sp³-hybridized carbons (Fsp3) is 0.462. The molecule has 0 atom stereocenters. The molecule has 4 heteroatoms. The van der Waals surface area contributed by atoms with Gasteiger partial charge in [0.15, 0.2) is 0 Å². The van der Waals surface area contributed by atoms with Crippen molar-refractivity contribution in [2.24, 2.45) is 0 Å². The standard InChI is InChI=1S/C13H19IN2O/c1-4-16(5-2)13(17)9-15-11-7-6-10(3)12(14)8-11/h6-8,15H,4-5,9H2,1-3H3. The molecule has 0 heterocycles. The number of aryl methyl sites for hydroxylation is 1. The molecule has 0 aliphatic rings. The molecule has 0 aliphatic carbocycles. The van der Waals surface area contributed by atoms with Gasteiger partial charge in [0.25, 0.3) is 0 Å². The third-order valence-corrected chi connectivity index (χ3v) is 3.89. The molecule has 1 aromatic carbocycles. The van der Waals surface area contributed by atoms with Gasteiger partial charge in [-0.25, -0.2) is 0 Å². The van der Waals surface area contributed by atoms with Crippen LogP contribution in [0.5, 0.6) is 0 Å². The highest BCUT2D eigenvalue weighted by molar-refractivity contribution is 14.1. The molecule has 0 aliphatic heterocycles. The number of hydrogen-bond acceptors (Lipinski definition) is 2. The first-order valence-electron chi connectivity index (χ1n) is 5.86. The smallest absolute Gasteiger partial charge is 0.241 e. The molecule has 1 rings (SSSR count). The molecular weight excluding hydrogens is 327 g/mol. The van der Waals surface area contributed by atoms with Crippen LogP contribution in [0.25, 0.3) is 0 Å². The average Bonchev–Trinajstić information content (AvgIpc) is 2.32. The van der Waals surface area contributed by atoms with Crippen molar-refractivity contribution in [1.29, 1.82) is 0 Å². The SMILES string of the molecule is CCN(CC)C(=O)CNc1ccc(C)c(I)c1. The maximum atomic E-state index is 11.8. The number of carbonyl (C=O) groups excluding carboxylic acids is 1. The first-order chi connectivity index (χ1) is 8.08. The zero-order chi connectivity index (χ0) is 12.8. The number of nitrogens with zero attached hydrogens (tertiary/aromatic N) is 1. The molecule has 0 saturated heterocycles. The number of nitrogens with one attached hydrogen (secondary N) is 1. The second kappa shape index (κ2) is 6.83. The Morgan fingerprint density at radius 2 is 2.00 bits per heavy atom. The zero-order valence-corrected chi connectivity index (χ0v) is 12.7.